The number of fused-ring (bicyclic) bond motifs is 2. The number of anilines is 2. The number of hydrogen-bond acceptors (Lipinski definition) is 7. The van der Waals surface area contributed by atoms with Gasteiger partial charge in [-0.1, -0.05) is 6.58 Å². The molecule has 2 aliphatic heterocycles. The van der Waals surface area contributed by atoms with Crippen molar-refractivity contribution >= 4 is 28.4 Å². The Labute approximate surface area is 248 Å². The summed E-state index contributed by atoms with van der Waals surface area (Å²) >= 11 is 0. The number of aromatic amines is 2. The second-order valence-electron chi connectivity index (χ2n) is 9.85. The summed E-state index contributed by atoms with van der Waals surface area (Å²) in [7, 11) is 0. The molecule has 0 unspecified atom stereocenters. The number of benzene rings is 1. The van der Waals surface area contributed by atoms with Crippen LogP contribution in [0.1, 0.15) is 35.2 Å². The molecule has 40 heavy (non-hydrogen) atoms. The third-order valence-electron chi connectivity index (χ3n) is 7.44. The van der Waals surface area contributed by atoms with Crippen molar-refractivity contribution in [2.75, 3.05) is 49.1 Å². The molecule has 11 heteroatoms. The number of unbranched alkanes of at least 4 members (excludes halogenated alkanes) is 2. The van der Waals surface area contributed by atoms with E-state index in [4.69, 9.17) is 14.7 Å². The van der Waals surface area contributed by atoms with Crippen LogP contribution in [0.25, 0.3) is 11.0 Å². The van der Waals surface area contributed by atoms with E-state index in [-0.39, 0.29) is 37.9 Å². The number of rotatable bonds is 8. The van der Waals surface area contributed by atoms with Gasteiger partial charge in [0.05, 0.1) is 29.0 Å². The van der Waals surface area contributed by atoms with Gasteiger partial charge in [-0.3, -0.25) is 11.2 Å². The van der Waals surface area contributed by atoms with Gasteiger partial charge in [0.25, 0.3) is 0 Å². The molecule has 1 saturated heterocycles. The molecule has 0 saturated carbocycles. The van der Waals surface area contributed by atoms with Crippen LogP contribution in [0, 0.1) is 34.6 Å². The van der Waals surface area contributed by atoms with E-state index in [9.17, 15) is 9.59 Å². The Balaban J connectivity index is 0.00000220. The van der Waals surface area contributed by atoms with E-state index < -0.39 is 0 Å². The fraction of sp³-hybridized carbons (Fsp3) is 0.414. The molecule has 2 N–H and O–H groups in total. The normalized spacial score (nSPS) is 14.8. The van der Waals surface area contributed by atoms with Gasteiger partial charge in [-0.05, 0) is 50.1 Å². The van der Waals surface area contributed by atoms with Crippen molar-refractivity contribution in [3.8, 4) is 6.01 Å². The number of piperazine rings is 1. The summed E-state index contributed by atoms with van der Waals surface area (Å²) in [6.07, 6.45) is 5.84. The molecule has 0 spiro atoms. The molecule has 1 aromatic carbocycles. The Morgan fingerprint density at radius 2 is 1.93 bits per heavy atom. The number of hydrogen-bond donors (Lipinski definition) is 2. The molecule has 10 nitrogen and oxygen atoms in total. The van der Waals surface area contributed by atoms with Crippen LogP contribution in [0.15, 0.2) is 23.5 Å². The van der Waals surface area contributed by atoms with Gasteiger partial charge < -0.3 is 43.8 Å². The minimum Gasteiger partial charge on any atom is -0.496 e. The average molecular weight is 540 g/mol. The number of carbonyl (C=O) groups excluding carboxylic acids is 1. The van der Waals surface area contributed by atoms with Gasteiger partial charge in [0.15, 0.2) is 0 Å². The van der Waals surface area contributed by atoms with Crippen molar-refractivity contribution in [2.45, 2.75) is 39.7 Å². The van der Waals surface area contributed by atoms with Crippen LogP contribution in [0.5, 0.6) is 6.01 Å². The number of aromatic nitrogens is 4. The second kappa shape index (κ2) is 13.4. The number of carbonyl (C=O) groups is 1. The number of amides is 1. The van der Waals surface area contributed by atoms with Crippen molar-refractivity contribution in [2.24, 2.45) is 0 Å². The molecule has 5 rings (SSSR count). The van der Waals surface area contributed by atoms with E-state index >= 15 is 0 Å². The molecule has 2 aromatic heterocycles. The number of ether oxygens (including phenoxy) is 1. The largest absolute Gasteiger partial charge is 1.00 e. The molecule has 210 valence electrons. The predicted molar refractivity (Wildman–Crippen MR) is 155 cm³/mol. The SMILES string of the molecule is C=CC(=O)N1CCN(c2nc(OC[CH-]CC[CH2-])nc3c2CCN(c2c(C)c(C)cc4[nH]c(=O)[nH]c24)C3)CC1.[CH3-].[Li+]. The number of nitrogens with zero attached hydrogens (tertiary/aromatic N) is 5. The number of imidazole rings is 1. The maximum absolute atomic E-state index is 12.1. The Bertz CT molecular complexity index is 1410. The fourth-order valence-electron chi connectivity index (χ4n) is 5.32. The third kappa shape index (κ3) is 6.23. The molecule has 0 bridgehead atoms. The van der Waals surface area contributed by atoms with E-state index in [0.717, 1.165) is 70.7 Å². The van der Waals surface area contributed by atoms with Gasteiger partial charge in [0.1, 0.15) is 5.82 Å². The van der Waals surface area contributed by atoms with Crippen LogP contribution in [-0.2, 0) is 17.8 Å². The topological polar surface area (TPSA) is 110 Å². The maximum Gasteiger partial charge on any atom is 1.00 e. The summed E-state index contributed by atoms with van der Waals surface area (Å²) in [4.78, 5) is 46.1. The number of aryl methyl sites for hydroxylation is 1. The smallest absolute Gasteiger partial charge is 0.496 e. The zero-order chi connectivity index (χ0) is 26.8. The van der Waals surface area contributed by atoms with Gasteiger partial charge in [-0.2, -0.15) is 9.97 Å². The van der Waals surface area contributed by atoms with E-state index in [1.54, 1.807) is 0 Å². The number of nitrogens with one attached hydrogen (secondary N) is 2. The first-order valence-corrected chi connectivity index (χ1v) is 13.2. The van der Waals surface area contributed by atoms with Crippen molar-refractivity contribution < 1.29 is 28.4 Å². The summed E-state index contributed by atoms with van der Waals surface area (Å²) in [5.74, 6) is 0.839. The van der Waals surface area contributed by atoms with E-state index in [2.05, 4.69) is 47.1 Å². The molecular weight excluding hydrogens is 501 g/mol. The Kier molecular flexibility index (Phi) is 10.5. The molecule has 4 heterocycles. The minimum absolute atomic E-state index is 0. The monoisotopic (exact) mass is 539 g/mol. The van der Waals surface area contributed by atoms with Crippen LogP contribution in [0.4, 0.5) is 11.5 Å². The zero-order valence-electron chi connectivity index (χ0n) is 24.2. The van der Waals surface area contributed by atoms with Crippen molar-refractivity contribution in [1.29, 1.82) is 0 Å². The molecule has 3 aromatic rings. The Morgan fingerprint density at radius 3 is 2.62 bits per heavy atom. The molecule has 0 atom stereocenters. The summed E-state index contributed by atoms with van der Waals surface area (Å²) in [5, 5.41) is 0. The molecule has 0 radical (unpaired) electrons. The van der Waals surface area contributed by atoms with Crippen molar-refractivity contribution in [3.05, 3.63) is 72.4 Å². The third-order valence-corrected chi connectivity index (χ3v) is 7.44. The van der Waals surface area contributed by atoms with Crippen molar-refractivity contribution in [3.63, 3.8) is 0 Å². The fourth-order valence-corrected chi connectivity index (χ4v) is 5.32. The first-order valence-electron chi connectivity index (χ1n) is 13.2. The van der Waals surface area contributed by atoms with Gasteiger partial charge >= 0.3 is 30.6 Å². The van der Waals surface area contributed by atoms with Crippen LogP contribution in [-0.4, -0.2) is 70.1 Å². The molecule has 0 aliphatic carbocycles. The van der Waals surface area contributed by atoms with Gasteiger partial charge in [0, 0.05) is 38.3 Å². The van der Waals surface area contributed by atoms with Crippen LogP contribution >= 0.6 is 0 Å². The molecule has 1 fully saturated rings. The first kappa shape index (κ1) is 31.3. The van der Waals surface area contributed by atoms with Crippen LogP contribution in [0.2, 0.25) is 0 Å². The quantitative estimate of drug-likeness (QED) is 0.184. The average Bonchev–Trinajstić information content (AvgIpc) is 3.29. The van der Waals surface area contributed by atoms with Gasteiger partial charge in [0.2, 0.25) is 5.91 Å². The van der Waals surface area contributed by atoms with E-state index in [1.165, 1.54) is 6.08 Å². The van der Waals surface area contributed by atoms with Gasteiger partial charge in [-0.15, -0.1) is 0 Å². The summed E-state index contributed by atoms with van der Waals surface area (Å²) < 4.78 is 5.96. The zero-order valence-corrected chi connectivity index (χ0v) is 24.2. The van der Waals surface area contributed by atoms with Crippen molar-refractivity contribution in [1.82, 2.24) is 24.8 Å². The van der Waals surface area contributed by atoms with Crippen LogP contribution < -0.4 is 39.1 Å². The molecule has 2 aliphatic rings. The van der Waals surface area contributed by atoms with E-state index in [0.29, 0.717) is 45.3 Å². The standard InChI is InChI=1S/C28H35N7O3.CH3.Li/c1-5-7-8-15-38-28-30-22-17-35(25-19(4)18(3)16-21-24(25)31-27(37)29-21)10-9-20(22)26(32-28)34-13-11-33(12-14-34)23(36)6-2;;/h6,8,16H,1-2,5,7,9-15,17H2,3-4H3,(H2,29,31,37);1H3;/q-2;-1;+1. The predicted octanol–water partition coefficient (Wildman–Crippen LogP) is 0.312. The summed E-state index contributed by atoms with van der Waals surface area (Å²) in [5.41, 5.74) is 6.72. The maximum atomic E-state index is 12.1. The Hall–Kier alpha value is -3.22. The van der Waals surface area contributed by atoms with E-state index in [1.807, 2.05) is 17.4 Å². The molecule has 1 amide bonds. The minimum atomic E-state index is -0.212. The second-order valence-corrected chi connectivity index (χ2v) is 9.85. The van der Waals surface area contributed by atoms with Gasteiger partial charge in [-0.25, -0.2) is 17.6 Å². The van der Waals surface area contributed by atoms with Crippen LogP contribution in [0.3, 0.4) is 0 Å². The number of H-pyrrole nitrogens is 2. The summed E-state index contributed by atoms with van der Waals surface area (Å²) in [6, 6.07) is 2.36. The molecular formula is C29H38LiN7O3-2. The Morgan fingerprint density at radius 1 is 1.18 bits per heavy atom. The first-order chi connectivity index (χ1) is 18.4. The summed E-state index contributed by atoms with van der Waals surface area (Å²) in [6.45, 7) is 16.0.